The van der Waals surface area contributed by atoms with Gasteiger partial charge < -0.3 is 15.3 Å². The summed E-state index contributed by atoms with van der Waals surface area (Å²) in [5.74, 6) is -1.48. The van der Waals surface area contributed by atoms with Crippen LogP contribution in [0.5, 0.6) is 0 Å². The van der Waals surface area contributed by atoms with Crippen LogP contribution in [-0.4, -0.2) is 35.9 Å². The Morgan fingerprint density at radius 1 is 1.17 bits per heavy atom. The zero-order valence-electron chi connectivity index (χ0n) is 12.6. The summed E-state index contributed by atoms with van der Waals surface area (Å²) in [6.07, 6.45) is 0. The summed E-state index contributed by atoms with van der Waals surface area (Å²) in [6.45, 7) is 0. The number of halogens is 1. The molecule has 3 rings (SSSR count). The highest BCUT2D eigenvalue weighted by atomic mass is 19.1. The van der Waals surface area contributed by atoms with Crippen molar-refractivity contribution in [3.8, 4) is 0 Å². The van der Waals surface area contributed by atoms with Crippen LogP contribution < -0.4 is 5.32 Å². The number of nitrogens with one attached hydrogen (secondary N) is 1. The summed E-state index contributed by atoms with van der Waals surface area (Å²) in [5.41, 5.74) is -1.05. The molecule has 2 aromatic rings. The van der Waals surface area contributed by atoms with Gasteiger partial charge in [-0.2, -0.15) is 0 Å². The molecule has 118 valence electrons. The van der Waals surface area contributed by atoms with Gasteiger partial charge in [0.2, 0.25) is 0 Å². The van der Waals surface area contributed by atoms with E-state index in [0.717, 1.165) is 12.1 Å². The summed E-state index contributed by atoms with van der Waals surface area (Å²) in [6, 6.07) is 9.79. The minimum absolute atomic E-state index is 0.190. The van der Waals surface area contributed by atoms with Gasteiger partial charge in [0.05, 0.1) is 0 Å². The van der Waals surface area contributed by atoms with Crippen molar-refractivity contribution < 1.29 is 19.1 Å². The fourth-order valence-electron chi connectivity index (χ4n) is 2.76. The van der Waals surface area contributed by atoms with E-state index in [4.69, 9.17) is 0 Å². The lowest BCUT2D eigenvalue weighted by atomic mass is 9.84. The maximum Gasteiger partial charge on any atom is 0.265 e. The van der Waals surface area contributed by atoms with Crippen molar-refractivity contribution in [1.82, 2.24) is 4.90 Å². The van der Waals surface area contributed by atoms with Crippen molar-refractivity contribution in [3.63, 3.8) is 0 Å². The topological polar surface area (TPSA) is 69.6 Å². The van der Waals surface area contributed by atoms with Gasteiger partial charge in [-0.15, -0.1) is 0 Å². The number of rotatable bonds is 2. The van der Waals surface area contributed by atoms with E-state index in [1.165, 1.54) is 17.0 Å². The van der Waals surface area contributed by atoms with Crippen LogP contribution in [0.15, 0.2) is 42.5 Å². The third-order valence-corrected chi connectivity index (χ3v) is 3.90. The molecule has 2 amide bonds. The number of benzene rings is 2. The van der Waals surface area contributed by atoms with E-state index in [1.54, 1.807) is 32.3 Å². The molecule has 0 fully saturated rings. The van der Waals surface area contributed by atoms with Gasteiger partial charge >= 0.3 is 0 Å². The summed E-state index contributed by atoms with van der Waals surface area (Å²) in [5, 5.41) is 13.7. The number of anilines is 1. The first kappa shape index (κ1) is 15.2. The number of aliphatic hydroxyl groups is 1. The SMILES string of the molecule is CN(C)C(=O)c1cccc2c1C(O)(c1ccc(F)cc1)C(=O)N2. The van der Waals surface area contributed by atoms with E-state index in [2.05, 4.69) is 5.32 Å². The number of hydrogen-bond donors (Lipinski definition) is 2. The molecule has 0 bridgehead atoms. The summed E-state index contributed by atoms with van der Waals surface area (Å²) in [4.78, 5) is 26.2. The number of hydrogen-bond acceptors (Lipinski definition) is 3. The van der Waals surface area contributed by atoms with Gasteiger partial charge in [0.25, 0.3) is 11.8 Å². The summed E-state index contributed by atoms with van der Waals surface area (Å²) >= 11 is 0. The van der Waals surface area contributed by atoms with Crippen LogP contribution >= 0.6 is 0 Å². The maximum absolute atomic E-state index is 13.2. The van der Waals surface area contributed by atoms with Crippen LogP contribution in [0, 0.1) is 5.82 Å². The first-order valence-electron chi connectivity index (χ1n) is 7.00. The van der Waals surface area contributed by atoms with E-state index in [-0.39, 0.29) is 22.6 Å². The Bertz CT molecular complexity index is 802. The number of carbonyl (C=O) groups excluding carboxylic acids is 2. The van der Waals surface area contributed by atoms with Crippen molar-refractivity contribution in [1.29, 1.82) is 0 Å². The number of amides is 2. The molecule has 6 heteroatoms. The van der Waals surface area contributed by atoms with Gasteiger partial charge in [0.1, 0.15) is 5.82 Å². The smallest absolute Gasteiger partial charge is 0.265 e. The lowest BCUT2D eigenvalue weighted by Crippen LogP contribution is -2.37. The monoisotopic (exact) mass is 314 g/mol. The van der Waals surface area contributed by atoms with Crippen LogP contribution in [0.25, 0.3) is 0 Å². The fraction of sp³-hybridized carbons (Fsp3) is 0.176. The van der Waals surface area contributed by atoms with E-state index in [9.17, 15) is 19.1 Å². The predicted molar refractivity (Wildman–Crippen MR) is 82.5 cm³/mol. The molecular formula is C17H15FN2O3. The Kier molecular flexibility index (Phi) is 3.41. The van der Waals surface area contributed by atoms with Crippen LogP contribution in [-0.2, 0) is 10.4 Å². The molecule has 23 heavy (non-hydrogen) atoms. The first-order chi connectivity index (χ1) is 10.9. The quantitative estimate of drug-likeness (QED) is 0.887. The minimum atomic E-state index is -2.04. The third-order valence-electron chi connectivity index (χ3n) is 3.90. The molecule has 1 heterocycles. The Labute approximate surface area is 132 Å². The zero-order chi connectivity index (χ0) is 16.8. The van der Waals surface area contributed by atoms with Crippen molar-refractivity contribution >= 4 is 17.5 Å². The van der Waals surface area contributed by atoms with Crippen LogP contribution in [0.1, 0.15) is 21.5 Å². The number of carbonyl (C=O) groups is 2. The standard InChI is InChI=1S/C17H15FN2O3/c1-20(2)15(21)12-4-3-5-13-14(12)17(23,16(22)19-13)10-6-8-11(18)9-7-10/h3-9,23H,1-2H3,(H,19,22). The van der Waals surface area contributed by atoms with Gasteiger partial charge in [0, 0.05) is 30.9 Å². The molecule has 1 atom stereocenters. The van der Waals surface area contributed by atoms with Gasteiger partial charge in [-0.05, 0) is 29.8 Å². The molecule has 0 aromatic heterocycles. The molecule has 1 unspecified atom stereocenters. The summed E-state index contributed by atoms with van der Waals surface area (Å²) in [7, 11) is 3.17. The fourth-order valence-corrected chi connectivity index (χ4v) is 2.76. The minimum Gasteiger partial charge on any atom is -0.372 e. The Balaban J connectivity index is 2.25. The highest BCUT2D eigenvalue weighted by Gasteiger charge is 2.49. The second kappa shape index (κ2) is 5.17. The number of nitrogens with zero attached hydrogens (tertiary/aromatic N) is 1. The second-order valence-electron chi connectivity index (χ2n) is 5.60. The normalized spacial score (nSPS) is 19.2. The Morgan fingerprint density at radius 3 is 2.43 bits per heavy atom. The molecule has 5 nitrogen and oxygen atoms in total. The van der Waals surface area contributed by atoms with E-state index in [1.807, 2.05) is 0 Å². The lowest BCUT2D eigenvalue weighted by molar-refractivity contribution is -0.129. The molecule has 1 aliphatic heterocycles. The first-order valence-corrected chi connectivity index (χ1v) is 7.00. The van der Waals surface area contributed by atoms with Crippen molar-refractivity contribution in [3.05, 3.63) is 65.0 Å². The molecule has 0 saturated heterocycles. The summed E-state index contributed by atoms with van der Waals surface area (Å²) < 4.78 is 13.2. The van der Waals surface area contributed by atoms with Crippen molar-refractivity contribution in [2.45, 2.75) is 5.60 Å². The highest BCUT2D eigenvalue weighted by molar-refractivity contribution is 6.11. The average molecular weight is 314 g/mol. The molecular weight excluding hydrogens is 299 g/mol. The number of fused-ring (bicyclic) bond motifs is 1. The average Bonchev–Trinajstić information content (AvgIpc) is 2.79. The molecule has 2 aromatic carbocycles. The van der Waals surface area contributed by atoms with Crippen LogP contribution in [0.4, 0.5) is 10.1 Å². The largest absolute Gasteiger partial charge is 0.372 e. The maximum atomic E-state index is 13.2. The van der Waals surface area contributed by atoms with Gasteiger partial charge in [-0.25, -0.2) is 4.39 Å². The molecule has 0 spiro atoms. The van der Waals surface area contributed by atoms with Gasteiger partial charge in [0.15, 0.2) is 5.60 Å². The Morgan fingerprint density at radius 2 is 1.83 bits per heavy atom. The van der Waals surface area contributed by atoms with E-state index >= 15 is 0 Å². The van der Waals surface area contributed by atoms with Gasteiger partial charge in [-0.1, -0.05) is 18.2 Å². The molecule has 0 radical (unpaired) electrons. The molecule has 2 N–H and O–H groups in total. The molecule has 0 saturated carbocycles. The Hall–Kier alpha value is -2.73. The molecule has 0 aliphatic carbocycles. The van der Waals surface area contributed by atoms with E-state index in [0.29, 0.717) is 5.69 Å². The van der Waals surface area contributed by atoms with Crippen molar-refractivity contribution in [2.24, 2.45) is 0 Å². The van der Waals surface area contributed by atoms with E-state index < -0.39 is 17.3 Å². The second-order valence-corrected chi connectivity index (χ2v) is 5.60. The lowest BCUT2D eigenvalue weighted by Gasteiger charge is -2.24. The molecule has 1 aliphatic rings. The van der Waals surface area contributed by atoms with Gasteiger partial charge in [-0.3, -0.25) is 9.59 Å². The predicted octanol–water partition coefficient (Wildman–Crippen LogP) is 1.72. The van der Waals surface area contributed by atoms with Crippen LogP contribution in [0.3, 0.4) is 0 Å². The third kappa shape index (κ3) is 2.19. The zero-order valence-corrected chi connectivity index (χ0v) is 12.6. The van der Waals surface area contributed by atoms with Crippen LogP contribution in [0.2, 0.25) is 0 Å². The highest BCUT2D eigenvalue weighted by Crippen LogP contribution is 2.43. The van der Waals surface area contributed by atoms with Crippen molar-refractivity contribution in [2.75, 3.05) is 19.4 Å².